The highest BCUT2D eigenvalue weighted by atomic mass is 32.1. The standard InChI is InChI=1S/C17H20N4OS/c1-11(2)21(9-13-8-18-10-20(13)4)17(22)16-14-7-12(3)5-6-15(14)23-19-16/h5-8,10-11H,9H2,1-4H3. The quantitative estimate of drug-likeness (QED) is 0.737. The Bertz CT molecular complexity index is 849. The van der Waals surface area contributed by atoms with E-state index in [2.05, 4.69) is 9.36 Å². The van der Waals surface area contributed by atoms with Gasteiger partial charge in [0.25, 0.3) is 5.91 Å². The van der Waals surface area contributed by atoms with Crippen molar-refractivity contribution in [2.75, 3.05) is 0 Å². The maximum Gasteiger partial charge on any atom is 0.274 e. The number of hydrogen-bond donors (Lipinski definition) is 0. The largest absolute Gasteiger partial charge is 0.336 e. The molecule has 0 aliphatic rings. The molecule has 1 aromatic carbocycles. The summed E-state index contributed by atoms with van der Waals surface area (Å²) in [4.78, 5) is 19.0. The van der Waals surface area contributed by atoms with Gasteiger partial charge in [-0.3, -0.25) is 4.79 Å². The maximum absolute atomic E-state index is 13.1. The highest BCUT2D eigenvalue weighted by Gasteiger charge is 2.24. The Morgan fingerprint density at radius 3 is 2.83 bits per heavy atom. The van der Waals surface area contributed by atoms with Crippen LogP contribution >= 0.6 is 11.5 Å². The number of amides is 1. The van der Waals surface area contributed by atoms with Crippen molar-refractivity contribution in [2.24, 2.45) is 7.05 Å². The van der Waals surface area contributed by atoms with Crippen LogP contribution in [0.15, 0.2) is 30.7 Å². The summed E-state index contributed by atoms with van der Waals surface area (Å²) in [6, 6.07) is 6.19. The lowest BCUT2D eigenvalue weighted by molar-refractivity contribution is 0.0683. The number of aromatic nitrogens is 3. The molecule has 23 heavy (non-hydrogen) atoms. The van der Waals surface area contributed by atoms with Crippen molar-refractivity contribution in [1.82, 2.24) is 18.8 Å². The van der Waals surface area contributed by atoms with E-state index in [1.807, 2.05) is 55.5 Å². The van der Waals surface area contributed by atoms with Gasteiger partial charge in [-0.05, 0) is 44.4 Å². The molecule has 2 aromatic heterocycles. The van der Waals surface area contributed by atoms with Crippen LogP contribution in [0.4, 0.5) is 0 Å². The number of carbonyl (C=O) groups excluding carboxylic acids is 1. The first-order valence-electron chi connectivity index (χ1n) is 7.59. The summed E-state index contributed by atoms with van der Waals surface area (Å²) in [6.45, 7) is 6.60. The number of carbonyl (C=O) groups is 1. The lowest BCUT2D eigenvalue weighted by Gasteiger charge is -2.26. The third kappa shape index (κ3) is 2.99. The Hall–Kier alpha value is -2.21. The van der Waals surface area contributed by atoms with Crippen molar-refractivity contribution >= 4 is 27.5 Å². The van der Waals surface area contributed by atoms with Gasteiger partial charge in [0.05, 0.1) is 23.3 Å². The first kappa shape index (κ1) is 15.7. The molecular formula is C17H20N4OS. The smallest absolute Gasteiger partial charge is 0.274 e. The van der Waals surface area contributed by atoms with Crippen molar-refractivity contribution in [3.8, 4) is 0 Å². The van der Waals surface area contributed by atoms with Crippen LogP contribution < -0.4 is 0 Å². The monoisotopic (exact) mass is 328 g/mol. The van der Waals surface area contributed by atoms with Crippen LogP contribution in [0.3, 0.4) is 0 Å². The Morgan fingerprint density at radius 2 is 2.17 bits per heavy atom. The molecule has 5 nitrogen and oxygen atoms in total. The van der Waals surface area contributed by atoms with E-state index in [0.29, 0.717) is 12.2 Å². The maximum atomic E-state index is 13.1. The van der Waals surface area contributed by atoms with E-state index in [4.69, 9.17) is 0 Å². The van der Waals surface area contributed by atoms with Gasteiger partial charge in [0.15, 0.2) is 0 Å². The van der Waals surface area contributed by atoms with Crippen LogP contribution in [0.2, 0.25) is 0 Å². The number of fused-ring (bicyclic) bond motifs is 1. The molecule has 0 saturated heterocycles. The molecule has 1 amide bonds. The minimum atomic E-state index is -0.0296. The summed E-state index contributed by atoms with van der Waals surface area (Å²) in [5.41, 5.74) is 2.68. The molecule has 0 spiro atoms. The van der Waals surface area contributed by atoms with Crippen molar-refractivity contribution < 1.29 is 4.79 Å². The van der Waals surface area contributed by atoms with Gasteiger partial charge >= 0.3 is 0 Å². The summed E-state index contributed by atoms with van der Waals surface area (Å²) in [5, 5.41) is 0.940. The lowest BCUT2D eigenvalue weighted by atomic mass is 10.1. The molecule has 0 unspecified atom stereocenters. The third-order valence-corrected chi connectivity index (χ3v) is 4.79. The molecule has 0 saturated carbocycles. The zero-order valence-corrected chi connectivity index (χ0v) is 14.6. The minimum absolute atomic E-state index is 0.0296. The Labute approximate surface area is 139 Å². The molecule has 3 rings (SSSR count). The summed E-state index contributed by atoms with van der Waals surface area (Å²) >= 11 is 1.38. The fourth-order valence-electron chi connectivity index (χ4n) is 2.54. The molecule has 0 aliphatic carbocycles. The summed E-state index contributed by atoms with van der Waals surface area (Å²) in [6.07, 6.45) is 3.55. The summed E-state index contributed by atoms with van der Waals surface area (Å²) in [5.74, 6) is -0.0296. The van der Waals surface area contributed by atoms with Crippen LogP contribution in [0.1, 0.15) is 35.6 Å². The molecule has 0 N–H and O–H groups in total. The molecular weight excluding hydrogens is 308 g/mol. The van der Waals surface area contributed by atoms with E-state index in [9.17, 15) is 4.79 Å². The average molecular weight is 328 g/mol. The number of aryl methyl sites for hydroxylation is 2. The molecule has 0 aliphatic heterocycles. The molecule has 0 bridgehead atoms. The predicted octanol–water partition coefficient (Wildman–Crippen LogP) is 3.39. The Morgan fingerprint density at radius 1 is 1.39 bits per heavy atom. The number of imidazole rings is 1. The molecule has 0 radical (unpaired) electrons. The SMILES string of the molecule is Cc1ccc2snc(C(=O)N(Cc3cncn3C)C(C)C)c2c1. The third-order valence-electron chi connectivity index (χ3n) is 3.96. The van der Waals surface area contributed by atoms with Crippen molar-refractivity contribution in [3.63, 3.8) is 0 Å². The van der Waals surface area contributed by atoms with Gasteiger partial charge < -0.3 is 9.47 Å². The topological polar surface area (TPSA) is 51.0 Å². The number of nitrogens with zero attached hydrogens (tertiary/aromatic N) is 4. The number of hydrogen-bond acceptors (Lipinski definition) is 4. The van der Waals surface area contributed by atoms with E-state index < -0.39 is 0 Å². The lowest BCUT2D eigenvalue weighted by Crippen LogP contribution is -2.37. The highest BCUT2D eigenvalue weighted by molar-refractivity contribution is 7.13. The van der Waals surface area contributed by atoms with Crippen LogP contribution in [0, 0.1) is 6.92 Å². The van der Waals surface area contributed by atoms with Gasteiger partial charge in [-0.2, -0.15) is 4.37 Å². The van der Waals surface area contributed by atoms with Gasteiger partial charge in [0.2, 0.25) is 0 Å². The fraction of sp³-hybridized carbons (Fsp3) is 0.353. The molecule has 0 atom stereocenters. The van der Waals surface area contributed by atoms with Gasteiger partial charge in [0.1, 0.15) is 5.69 Å². The van der Waals surface area contributed by atoms with Gasteiger partial charge in [0, 0.05) is 24.7 Å². The van der Waals surface area contributed by atoms with E-state index in [1.165, 1.54) is 11.5 Å². The average Bonchev–Trinajstić information content (AvgIpc) is 3.09. The Balaban J connectivity index is 1.97. The Kier molecular flexibility index (Phi) is 4.17. The first-order valence-corrected chi connectivity index (χ1v) is 8.37. The fourth-order valence-corrected chi connectivity index (χ4v) is 3.29. The second kappa shape index (κ2) is 6.12. The minimum Gasteiger partial charge on any atom is -0.336 e. The first-order chi connectivity index (χ1) is 11.0. The molecule has 6 heteroatoms. The zero-order chi connectivity index (χ0) is 16.6. The van der Waals surface area contributed by atoms with Gasteiger partial charge in [-0.15, -0.1) is 0 Å². The normalized spacial score (nSPS) is 11.3. The van der Waals surface area contributed by atoms with Crippen LogP contribution in [0.5, 0.6) is 0 Å². The molecule has 3 aromatic rings. The van der Waals surface area contributed by atoms with E-state index in [0.717, 1.165) is 21.3 Å². The van der Waals surface area contributed by atoms with Gasteiger partial charge in [-0.25, -0.2) is 4.98 Å². The van der Waals surface area contributed by atoms with E-state index in [1.54, 1.807) is 12.5 Å². The highest BCUT2D eigenvalue weighted by Crippen LogP contribution is 2.26. The van der Waals surface area contributed by atoms with Crippen molar-refractivity contribution in [3.05, 3.63) is 47.7 Å². The van der Waals surface area contributed by atoms with E-state index >= 15 is 0 Å². The molecule has 0 fully saturated rings. The van der Waals surface area contributed by atoms with Crippen LogP contribution in [-0.4, -0.2) is 30.8 Å². The molecule has 2 heterocycles. The summed E-state index contributed by atoms with van der Waals surface area (Å²) < 4.78 is 7.40. The molecule has 120 valence electrons. The second-order valence-electron chi connectivity index (χ2n) is 6.05. The van der Waals surface area contributed by atoms with Crippen LogP contribution in [0.25, 0.3) is 10.1 Å². The van der Waals surface area contributed by atoms with Gasteiger partial charge in [-0.1, -0.05) is 11.6 Å². The summed E-state index contributed by atoms with van der Waals surface area (Å²) in [7, 11) is 1.94. The van der Waals surface area contributed by atoms with Crippen molar-refractivity contribution in [1.29, 1.82) is 0 Å². The van der Waals surface area contributed by atoms with Crippen molar-refractivity contribution in [2.45, 2.75) is 33.4 Å². The number of rotatable bonds is 4. The zero-order valence-electron chi connectivity index (χ0n) is 13.8. The van der Waals surface area contributed by atoms with E-state index in [-0.39, 0.29) is 11.9 Å². The predicted molar refractivity (Wildman–Crippen MR) is 92.6 cm³/mol. The number of benzene rings is 1. The second-order valence-corrected chi connectivity index (χ2v) is 6.86. The van der Waals surface area contributed by atoms with Crippen LogP contribution in [-0.2, 0) is 13.6 Å².